The third-order valence-electron chi connectivity index (χ3n) is 3.84. The Morgan fingerprint density at radius 3 is 2.42 bits per heavy atom. The van der Waals surface area contributed by atoms with E-state index in [1.807, 2.05) is 56.3 Å². The zero-order valence-corrected chi connectivity index (χ0v) is 15.4. The molecule has 3 rings (SSSR count). The lowest BCUT2D eigenvalue weighted by molar-refractivity contribution is 0.0691. The number of aromatic nitrogens is 1. The van der Waals surface area contributed by atoms with Crippen LogP contribution in [-0.2, 0) is 0 Å². The van der Waals surface area contributed by atoms with E-state index in [1.165, 1.54) is 16.7 Å². The van der Waals surface area contributed by atoms with E-state index in [0.717, 1.165) is 22.4 Å². The van der Waals surface area contributed by atoms with Crippen LogP contribution in [0.1, 0.15) is 21.6 Å². The number of rotatable bonds is 7. The number of ether oxygens (including phenoxy) is 2. The van der Waals surface area contributed by atoms with Crippen LogP contribution in [0.2, 0.25) is 0 Å². The normalized spacial score (nSPS) is 10.5. The monoisotopic (exact) mass is 369 g/mol. The summed E-state index contributed by atoms with van der Waals surface area (Å²) in [6.07, 6.45) is 0. The number of carbonyl (C=O) groups is 1. The first-order valence-corrected chi connectivity index (χ1v) is 9.04. The molecule has 0 aliphatic rings. The first-order valence-electron chi connectivity index (χ1n) is 8.16. The summed E-state index contributed by atoms with van der Waals surface area (Å²) in [6, 6.07) is 13.5. The van der Waals surface area contributed by atoms with Crippen LogP contribution >= 0.6 is 11.3 Å². The van der Waals surface area contributed by atoms with Gasteiger partial charge in [0.2, 0.25) is 0 Å². The maximum Gasteiger partial charge on any atom is 0.355 e. The molecule has 0 atom stereocenters. The van der Waals surface area contributed by atoms with Crippen LogP contribution in [-0.4, -0.2) is 29.3 Å². The summed E-state index contributed by atoms with van der Waals surface area (Å²) in [6.45, 7) is 4.82. The molecule has 0 unspecified atom stereocenters. The fourth-order valence-electron chi connectivity index (χ4n) is 2.59. The number of para-hydroxylation sites is 2. The predicted molar refractivity (Wildman–Crippen MR) is 101 cm³/mol. The standard InChI is InChI=1S/C20H19NO4S/c1-13-6-5-7-14(2)18(13)25-11-10-24-17-9-4-3-8-15(17)19-21-16(12-26-19)20(22)23/h3-9,12H,10-11H2,1-2H3,(H,22,23). The summed E-state index contributed by atoms with van der Waals surface area (Å²) in [5.74, 6) is 0.507. The Balaban J connectivity index is 1.66. The number of nitrogens with zero attached hydrogens (tertiary/aromatic N) is 1. The van der Waals surface area contributed by atoms with Crippen LogP contribution in [0.5, 0.6) is 11.5 Å². The van der Waals surface area contributed by atoms with Gasteiger partial charge in [0.25, 0.3) is 0 Å². The second-order valence-electron chi connectivity index (χ2n) is 5.76. The Labute approximate surface area is 155 Å². The summed E-state index contributed by atoms with van der Waals surface area (Å²) in [4.78, 5) is 15.2. The van der Waals surface area contributed by atoms with Crippen LogP contribution in [0.3, 0.4) is 0 Å². The number of aryl methyl sites for hydroxylation is 2. The molecule has 0 aliphatic heterocycles. The quantitative estimate of drug-likeness (QED) is 0.617. The molecule has 0 amide bonds. The minimum atomic E-state index is -1.03. The van der Waals surface area contributed by atoms with Crippen LogP contribution < -0.4 is 9.47 Å². The van der Waals surface area contributed by atoms with E-state index in [1.54, 1.807) is 0 Å². The molecular weight excluding hydrogens is 350 g/mol. The highest BCUT2D eigenvalue weighted by atomic mass is 32.1. The summed E-state index contributed by atoms with van der Waals surface area (Å²) >= 11 is 1.28. The minimum absolute atomic E-state index is 0.0400. The highest BCUT2D eigenvalue weighted by molar-refractivity contribution is 7.13. The van der Waals surface area contributed by atoms with Crippen LogP contribution in [0, 0.1) is 13.8 Å². The largest absolute Gasteiger partial charge is 0.489 e. The number of thiazole rings is 1. The molecule has 0 saturated carbocycles. The molecular formula is C20H19NO4S. The van der Waals surface area contributed by atoms with Gasteiger partial charge in [0.15, 0.2) is 5.69 Å². The Morgan fingerprint density at radius 1 is 1.04 bits per heavy atom. The van der Waals surface area contributed by atoms with Crippen molar-refractivity contribution in [3.8, 4) is 22.1 Å². The maximum atomic E-state index is 11.0. The zero-order chi connectivity index (χ0) is 18.5. The van der Waals surface area contributed by atoms with Gasteiger partial charge in [0, 0.05) is 5.38 Å². The van der Waals surface area contributed by atoms with Crippen molar-refractivity contribution in [1.82, 2.24) is 4.98 Å². The Hall–Kier alpha value is -2.86. The molecule has 1 aromatic heterocycles. The van der Waals surface area contributed by atoms with Crippen LogP contribution in [0.25, 0.3) is 10.6 Å². The highest BCUT2D eigenvalue weighted by Crippen LogP contribution is 2.32. The van der Waals surface area contributed by atoms with E-state index >= 15 is 0 Å². The van der Waals surface area contributed by atoms with E-state index in [9.17, 15) is 4.79 Å². The maximum absolute atomic E-state index is 11.0. The molecule has 0 aliphatic carbocycles. The highest BCUT2D eigenvalue weighted by Gasteiger charge is 2.13. The van der Waals surface area contributed by atoms with Gasteiger partial charge in [-0.15, -0.1) is 11.3 Å². The second kappa shape index (κ2) is 8.01. The molecule has 0 saturated heterocycles. The topological polar surface area (TPSA) is 68.7 Å². The first-order chi connectivity index (χ1) is 12.6. The molecule has 2 aromatic carbocycles. The van der Waals surface area contributed by atoms with Gasteiger partial charge in [0.05, 0.1) is 5.56 Å². The Bertz CT molecular complexity index is 899. The Kier molecular flexibility index (Phi) is 5.53. The van der Waals surface area contributed by atoms with Gasteiger partial charge in [-0.3, -0.25) is 0 Å². The molecule has 6 heteroatoms. The van der Waals surface area contributed by atoms with Crippen molar-refractivity contribution in [2.24, 2.45) is 0 Å². The van der Waals surface area contributed by atoms with Gasteiger partial charge in [-0.1, -0.05) is 30.3 Å². The van der Waals surface area contributed by atoms with Crippen LogP contribution in [0.15, 0.2) is 47.8 Å². The van der Waals surface area contributed by atoms with Crippen molar-refractivity contribution < 1.29 is 19.4 Å². The number of carboxylic acids is 1. The molecule has 0 fully saturated rings. The average Bonchev–Trinajstić information content (AvgIpc) is 3.11. The predicted octanol–water partition coefficient (Wildman–Crippen LogP) is 4.58. The van der Waals surface area contributed by atoms with E-state index < -0.39 is 5.97 Å². The van der Waals surface area contributed by atoms with Crippen molar-refractivity contribution in [2.75, 3.05) is 13.2 Å². The summed E-state index contributed by atoms with van der Waals surface area (Å²) < 4.78 is 11.7. The first kappa shape index (κ1) is 17.9. The smallest absolute Gasteiger partial charge is 0.355 e. The lowest BCUT2D eigenvalue weighted by Gasteiger charge is -2.13. The molecule has 5 nitrogen and oxygen atoms in total. The second-order valence-corrected chi connectivity index (χ2v) is 6.62. The van der Waals surface area contributed by atoms with Gasteiger partial charge in [-0.2, -0.15) is 0 Å². The van der Waals surface area contributed by atoms with Gasteiger partial charge >= 0.3 is 5.97 Å². The van der Waals surface area contributed by atoms with E-state index in [2.05, 4.69) is 4.98 Å². The van der Waals surface area contributed by atoms with Crippen molar-refractivity contribution in [1.29, 1.82) is 0 Å². The SMILES string of the molecule is Cc1cccc(C)c1OCCOc1ccccc1-c1nc(C(=O)O)cs1. The van der Waals surface area contributed by atoms with Crippen molar-refractivity contribution in [2.45, 2.75) is 13.8 Å². The van der Waals surface area contributed by atoms with E-state index in [-0.39, 0.29) is 5.69 Å². The lowest BCUT2D eigenvalue weighted by Crippen LogP contribution is -2.10. The molecule has 3 aromatic rings. The summed E-state index contributed by atoms with van der Waals surface area (Å²) in [5, 5.41) is 11.2. The van der Waals surface area contributed by atoms with Gasteiger partial charge in [0.1, 0.15) is 29.7 Å². The number of aromatic carboxylic acids is 1. The fourth-order valence-corrected chi connectivity index (χ4v) is 3.41. The third kappa shape index (κ3) is 4.03. The minimum Gasteiger partial charge on any atom is -0.489 e. The molecule has 0 bridgehead atoms. The van der Waals surface area contributed by atoms with Crippen molar-refractivity contribution in [3.05, 3.63) is 64.7 Å². The lowest BCUT2D eigenvalue weighted by atomic mass is 10.1. The average molecular weight is 369 g/mol. The number of hydrogen-bond donors (Lipinski definition) is 1. The molecule has 1 N–H and O–H groups in total. The Morgan fingerprint density at radius 2 is 1.73 bits per heavy atom. The van der Waals surface area contributed by atoms with Gasteiger partial charge in [-0.05, 0) is 37.1 Å². The van der Waals surface area contributed by atoms with Gasteiger partial charge in [-0.25, -0.2) is 9.78 Å². The van der Waals surface area contributed by atoms with E-state index in [4.69, 9.17) is 14.6 Å². The number of carboxylic acid groups (broad SMARTS) is 1. The fraction of sp³-hybridized carbons (Fsp3) is 0.200. The van der Waals surface area contributed by atoms with Crippen LogP contribution in [0.4, 0.5) is 0 Å². The molecule has 26 heavy (non-hydrogen) atoms. The van der Waals surface area contributed by atoms with Crippen molar-refractivity contribution in [3.63, 3.8) is 0 Å². The third-order valence-corrected chi connectivity index (χ3v) is 4.71. The summed E-state index contributed by atoms with van der Waals surface area (Å²) in [5.41, 5.74) is 3.00. The van der Waals surface area contributed by atoms with E-state index in [0.29, 0.717) is 24.0 Å². The molecule has 0 spiro atoms. The van der Waals surface area contributed by atoms with Gasteiger partial charge < -0.3 is 14.6 Å². The number of benzene rings is 2. The molecule has 134 valence electrons. The summed E-state index contributed by atoms with van der Waals surface area (Å²) in [7, 11) is 0. The number of hydrogen-bond acceptors (Lipinski definition) is 5. The van der Waals surface area contributed by atoms with Crippen molar-refractivity contribution >= 4 is 17.3 Å². The molecule has 0 radical (unpaired) electrons. The molecule has 1 heterocycles. The zero-order valence-electron chi connectivity index (χ0n) is 14.6.